The molecule has 0 saturated carbocycles. The molecule has 0 radical (unpaired) electrons. The van der Waals surface area contributed by atoms with Gasteiger partial charge in [0, 0.05) is 10.4 Å². The van der Waals surface area contributed by atoms with Gasteiger partial charge in [-0.25, -0.2) is 9.82 Å². The second kappa shape index (κ2) is 5.55. The van der Waals surface area contributed by atoms with Gasteiger partial charge < -0.3 is 0 Å². The Bertz CT molecular complexity index is 575. The lowest BCUT2D eigenvalue weighted by Crippen LogP contribution is -2.17. The molecule has 0 bridgehead atoms. The van der Waals surface area contributed by atoms with Crippen LogP contribution in [0.25, 0.3) is 0 Å². The van der Waals surface area contributed by atoms with E-state index in [2.05, 4.69) is 10.5 Å². The van der Waals surface area contributed by atoms with Crippen LogP contribution in [0.1, 0.15) is 20.8 Å². The topological polar surface area (TPSA) is 41.5 Å². The first-order valence-electron chi connectivity index (χ1n) is 5.30. The predicted molar refractivity (Wildman–Crippen MR) is 70.5 cm³/mol. The van der Waals surface area contributed by atoms with Gasteiger partial charge in [-0.2, -0.15) is 5.10 Å². The lowest BCUT2D eigenvalue weighted by molar-refractivity contribution is 0.0955. The van der Waals surface area contributed by atoms with Crippen molar-refractivity contribution in [1.29, 1.82) is 0 Å². The van der Waals surface area contributed by atoms with E-state index in [1.165, 1.54) is 24.3 Å². The summed E-state index contributed by atoms with van der Waals surface area (Å²) < 4.78 is 12.7. The summed E-state index contributed by atoms with van der Waals surface area (Å²) >= 11 is 1.55. The highest BCUT2D eigenvalue weighted by atomic mass is 32.1. The van der Waals surface area contributed by atoms with Crippen molar-refractivity contribution in [3.63, 3.8) is 0 Å². The van der Waals surface area contributed by atoms with Crippen molar-refractivity contribution in [3.05, 3.63) is 57.5 Å². The van der Waals surface area contributed by atoms with Crippen molar-refractivity contribution < 1.29 is 9.18 Å². The maximum absolute atomic E-state index is 12.7. The van der Waals surface area contributed by atoms with Crippen molar-refractivity contribution in [2.75, 3.05) is 0 Å². The second-order valence-corrected chi connectivity index (χ2v) is 4.62. The molecule has 92 valence electrons. The molecule has 0 saturated heterocycles. The van der Waals surface area contributed by atoms with Gasteiger partial charge in [-0.3, -0.25) is 4.79 Å². The molecule has 2 rings (SSSR count). The summed E-state index contributed by atoms with van der Waals surface area (Å²) in [6, 6.07) is 7.28. The molecule has 0 fully saturated rings. The fourth-order valence-electron chi connectivity index (χ4n) is 1.33. The van der Waals surface area contributed by atoms with E-state index >= 15 is 0 Å². The van der Waals surface area contributed by atoms with Gasteiger partial charge in [0.1, 0.15) is 5.82 Å². The molecule has 1 aromatic carbocycles. The molecule has 1 N–H and O–H groups in total. The van der Waals surface area contributed by atoms with Gasteiger partial charge in [0.05, 0.1) is 6.21 Å². The van der Waals surface area contributed by atoms with E-state index in [-0.39, 0.29) is 11.7 Å². The van der Waals surface area contributed by atoms with Gasteiger partial charge in [-0.15, -0.1) is 11.3 Å². The molecule has 0 aliphatic rings. The molecule has 0 aliphatic heterocycles. The summed E-state index contributed by atoms with van der Waals surface area (Å²) in [4.78, 5) is 12.6. The Labute approximate surface area is 108 Å². The number of thiophene rings is 1. The Kier molecular flexibility index (Phi) is 3.84. The number of amides is 1. The second-order valence-electron chi connectivity index (χ2n) is 3.67. The molecule has 0 atom stereocenters. The third-order valence-corrected chi connectivity index (χ3v) is 3.31. The highest BCUT2D eigenvalue weighted by molar-refractivity contribution is 7.11. The van der Waals surface area contributed by atoms with Crippen LogP contribution in [0, 0.1) is 12.7 Å². The van der Waals surface area contributed by atoms with Crippen LogP contribution in [0.3, 0.4) is 0 Å². The Balaban J connectivity index is 1.98. The van der Waals surface area contributed by atoms with Crippen LogP contribution < -0.4 is 5.43 Å². The number of halogens is 1. The summed E-state index contributed by atoms with van der Waals surface area (Å²) in [7, 11) is 0. The van der Waals surface area contributed by atoms with E-state index in [9.17, 15) is 9.18 Å². The maximum atomic E-state index is 12.7. The highest BCUT2D eigenvalue weighted by Gasteiger charge is 2.03. The standard InChI is InChI=1S/C13H11FN2OS/c1-9-6-7-18-12(9)8-15-16-13(17)10-2-4-11(14)5-3-10/h2-8H,1H3,(H,16,17)/b15-8+. The number of benzene rings is 1. The minimum absolute atomic E-state index is 0.361. The molecule has 0 unspecified atom stereocenters. The molecule has 3 nitrogen and oxygen atoms in total. The quantitative estimate of drug-likeness (QED) is 0.670. The van der Waals surface area contributed by atoms with Crippen LogP contribution in [0.15, 0.2) is 40.8 Å². The van der Waals surface area contributed by atoms with Crippen molar-refractivity contribution >= 4 is 23.5 Å². The lowest BCUT2D eigenvalue weighted by Gasteiger charge is -1.99. The first-order chi connectivity index (χ1) is 8.66. The van der Waals surface area contributed by atoms with Gasteiger partial charge in [-0.1, -0.05) is 0 Å². The smallest absolute Gasteiger partial charge is 0.267 e. The van der Waals surface area contributed by atoms with Crippen molar-refractivity contribution in [2.45, 2.75) is 6.92 Å². The van der Waals surface area contributed by atoms with Crippen LogP contribution in [-0.2, 0) is 0 Å². The minimum atomic E-state index is -0.371. The van der Waals surface area contributed by atoms with Crippen LogP contribution in [0.2, 0.25) is 0 Å². The van der Waals surface area contributed by atoms with Gasteiger partial charge in [0.15, 0.2) is 0 Å². The number of hydrazone groups is 1. The zero-order chi connectivity index (χ0) is 13.0. The highest BCUT2D eigenvalue weighted by Crippen LogP contribution is 2.12. The molecule has 0 spiro atoms. The van der Waals surface area contributed by atoms with Crippen LogP contribution >= 0.6 is 11.3 Å². The van der Waals surface area contributed by atoms with Gasteiger partial charge in [-0.05, 0) is 48.2 Å². The normalized spacial score (nSPS) is 10.8. The molecule has 1 aromatic heterocycles. The number of rotatable bonds is 3. The molecule has 0 aliphatic carbocycles. The minimum Gasteiger partial charge on any atom is -0.267 e. The molecule has 2 aromatic rings. The number of nitrogens with one attached hydrogen (secondary N) is 1. The number of aryl methyl sites for hydroxylation is 1. The van der Waals surface area contributed by atoms with Gasteiger partial charge in [0.25, 0.3) is 5.91 Å². The molecule has 1 amide bonds. The summed E-state index contributed by atoms with van der Waals surface area (Å²) in [6.45, 7) is 1.97. The summed E-state index contributed by atoms with van der Waals surface area (Å²) in [5.41, 5.74) is 3.88. The lowest BCUT2D eigenvalue weighted by atomic mass is 10.2. The average Bonchev–Trinajstić information content (AvgIpc) is 2.76. The van der Waals surface area contributed by atoms with E-state index in [1.807, 2.05) is 18.4 Å². The third kappa shape index (κ3) is 3.01. The maximum Gasteiger partial charge on any atom is 0.271 e. The molecule has 1 heterocycles. The summed E-state index contributed by atoms with van der Waals surface area (Å²) in [5.74, 6) is -0.732. The van der Waals surface area contributed by atoms with E-state index < -0.39 is 0 Å². The largest absolute Gasteiger partial charge is 0.271 e. The first kappa shape index (κ1) is 12.4. The summed E-state index contributed by atoms with van der Waals surface area (Å²) in [6.07, 6.45) is 1.60. The van der Waals surface area contributed by atoms with Crippen LogP contribution in [-0.4, -0.2) is 12.1 Å². The van der Waals surface area contributed by atoms with Gasteiger partial charge in [0.2, 0.25) is 0 Å². The number of carbonyl (C=O) groups excluding carboxylic acids is 1. The SMILES string of the molecule is Cc1ccsc1/C=N/NC(=O)c1ccc(F)cc1. The number of carbonyl (C=O) groups is 1. The van der Waals surface area contributed by atoms with Crippen molar-refractivity contribution in [1.82, 2.24) is 5.43 Å². The van der Waals surface area contributed by atoms with Crippen molar-refractivity contribution in [2.24, 2.45) is 5.10 Å². The molecular weight excluding hydrogens is 251 g/mol. The number of nitrogens with zero attached hydrogens (tertiary/aromatic N) is 1. The number of hydrogen-bond acceptors (Lipinski definition) is 3. The average molecular weight is 262 g/mol. The fourth-order valence-corrected chi connectivity index (χ4v) is 2.12. The Morgan fingerprint density at radius 1 is 1.33 bits per heavy atom. The van der Waals surface area contributed by atoms with Crippen molar-refractivity contribution in [3.8, 4) is 0 Å². The number of hydrogen-bond donors (Lipinski definition) is 1. The van der Waals surface area contributed by atoms with Crippen LogP contribution in [0.4, 0.5) is 4.39 Å². The summed E-state index contributed by atoms with van der Waals surface area (Å²) in [5, 5.41) is 5.82. The molecular formula is C13H11FN2OS. The van der Waals surface area contributed by atoms with Gasteiger partial charge >= 0.3 is 0 Å². The third-order valence-electron chi connectivity index (χ3n) is 2.36. The Hall–Kier alpha value is -2.01. The predicted octanol–water partition coefficient (Wildman–Crippen LogP) is 2.96. The monoisotopic (exact) mass is 262 g/mol. The van der Waals surface area contributed by atoms with E-state index in [1.54, 1.807) is 17.6 Å². The van der Waals surface area contributed by atoms with E-state index in [0.29, 0.717) is 5.56 Å². The zero-order valence-corrected chi connectivity index (χ0v) is 10.5. The Morgan fingerprint density at radius 2 is 2.06 bits per heavy atom. The fraction of sp³-hybridized carbons (Fsp3) is 0.0769. The zero-order valence-electron chi connectivity index (χ0n) is 9.68. The van der Waals surface area contributed by atoms with Crippen LogP contribution in [0.5, 0.6) is 0 Å². The van der Waals surface area contributed by atoms with E-state index in [0.717, 1.165) is 10.4 Å². The molecule has 18 heavy (non-hydrogen) atoms. The first-order valence-corrected chi connectivity index (χ1v) is 6.18. The Morgan fingerprint density at radius 3 is 2.67 bits per heavy atom. The molecule has 5 heteroatoms. The van der Waals surface area contributed by atoms with E-state index in [4.69, 9.17) is 0 Å².